The van der Waals surface area contributed by atoms with Crippen LogP contribution in [0.5, 0.6) is 0 Å². The second kappa shape index (κ2) is 7.18. The summed E-state index contributed by atoms with van der Waals surface area (Å²) in [7, 11) is 1.72. The summed E-state index contributed by atoms with van der Waals surface area (Å²) in [4.78, 5) is 31.5. The number of hydrogen-bond donors (Lipinski definition) is 1. The first-order valence-electron chi connectivity index (χ1n) is 9.75. The van der Waals surface area contributed by atoms with E-state index in [0.29, 0.717) is 18.7 Å². The third-order valence-corrected chi connectivity index (χ3v) is 5.41. The number of likely N-dealkylation sites (N-methyl/N-ethyl adjacent to an activating group) is 1. The number of nitrogens with one attached hydrogen (secondary N) is 1. The van der Waals surface area contributed by atoms with E-state index in [0.717, 1.165) is 22.2 Å². The van der Waals surface area contributed by atoms with Crippen molar-refractivity contribution in [3.05, 3.63) is 84.2 Å². The van der Waals surface area contributed by atoms with Gasteiger partial charge in [0.25, 0.3) is 11.8 Å². The first-order chi connectivity index (χ1) is 14.6. The average molecular weight is 400 g/mol. The summed E-state index contributed by atoms with van der Waals surface area (Å²) in [6, 6.07) is 16.9. The lowest BCUT2D eigenvalue weighted by Crippen LogP contribution is -2.48. The molecule has 0 bridgehead atoms. The highest BCUT2D eigenvalue weighted by atomic mass is 16.4. The van der Waals surface area contributed by atoms with Crippen molar-refractivity contribution >= 4 is 28.4 Å². The van der Waals surface area contributed by atoms with E-state index in [9.17, 15) is 9.59 Å². The lowest BCUT2D eigenvalue weighted by atomic mass is 10.1. The van der Waals surface area contributed by atoms with Crippen molar-refractivity contribution in [2.75, 3.05) is 11.9 Å². The number of para-hydroxylation sites is 1. The van der Waals surface area contributed by atoms with Gasteiger partial charge < -0.3 is 19.2 Å². The fourth-order valence-electron chi connectivity index (χ4n) is 3.91. The first-order valence-corrected chi connectivity index (χ1v) is 9.75. The van der Waals surface area contributed by atoms with Crippen LogP contribution in [0.2, 0.25) is 0 Å². The SMILES string of the molecule is CN1C(=O)C(NC(=O)c2ncc(Cc3ccccc3)o2)Cn2ccc3cccc1c32. The molecule has 0 saturated heterocycles. The Balaban J connectivity index is 1.36. The number of hydrogen-bond acceptors (Lipinski definition) is 4. The van der Waals surface area contributed by atoms with E-state index in [4.69, 9.17) is 4.42 Å². The van der Waals surface area contributed by atoms with E-state index >= 15 is 0 Å². The third kappa shape index (κ3) is 3.14. The fraction of sp³-hybridized carbons (Fsp3) is 0.174. The Hall–Kier alpha value is -3.87. The van der Waals surface area contributed by atoms with Gasteiger partial charge in [0.15, 0.2) is 0 Å². The molecule has 5 rings (SSSR count). The second-order valence-corrected chi connectivity index (χ2v) is 7.40. The zero-order chi connectivity index (χ0) is 20.7. The largest absolute Gasteiger partial charge is 0.437 e. The maximum absolute atomic E-state index is 13.0. The topological polar surface area (TPSA) is 80.4 Å². The number of benzene rings is 2. The van der Waals surface area contributed by atoms with Gasteiger partial charge in [-0.1, -0.05) is 42.5 Å². The summed E-state index contributed by atoms with van der Waals surface area (Å²) >= 11 is 0. The Morgan fingerprint density at radius 1 is 1.17 bits per heavy atom. The number of carbonyl (C=O) groups excluding carboxylic acids is 2. The Bertz CT molecular complexity index is 1240. The van der Waals surface area contributed by atoms with E-state index in [2.05, 4.69) is 10.3 Å². The van der Waals surface area contributed by atoms with Gasteiger partial charge in [-0.3, -0.25) is 9.59 Å². The zero-order valence-corrected chi connectivity index (χ0v) is 16.4. The first kappa shape index (κ1) is 18.2. The molecule has 1 unspecified atom stereocenters. The molecule has 150 valence electrons. The van der Waals surface area contributed by atoms with Gasteiger partial charge in [-0.05, 0) is 17.7 Å². The van der Waals surface area contributed by atoms with Gasteiger partial charge in [0.05, 0.1) is 23.9 Å². The van der Waals surface area contributed by atoms with Gasteiger partial charge in [-0.15, -0.1) is 0 Å². The number of oxazole rings is 1. The van der Waals surface area contributed by atoms with Gasteiger partial charge in [-0.2, -0.15) is 0 Å². The second-order valence-electron chi connectivity index (χ2n) is 7.40. The summed E-state index contributed by atoms with van der Waals surface area (Å²) in [5.41, 5.74) is 2.86. The van der Waals surface area contributed by atoms with Gasteiger partial charge in [-0.25, -0.2) is 4.98 Å². The molecular weight excluding hydrogens is 380 g/mol. The van der Waals surface area contributed by atoms with Gasteiger partial charge >= 0.3 is 5.91 Å². The van der Waals surface area contributed by atoms with Crippen molar-refractivity contribution < 1.29 is 14.0 Å². The molecule has 0 spiro atoms. The van der Waals surface area contributed by atoms with Crippen molar-refractivity contribution in [1.82, 2.24) is 14.9 Å². The summed E-state index contributed by atoms with van der Waals surface area (Å²) in [6.45, 7) is 0.340. The van der Waals surface area contributed by atoms with Crippen LogP contribution in [0.3, 0.4) is 0 Å². The number of rotatable bonds is 4. The van der Waals surface area contributed by atoms with Crippen LogP contribution in [0.4, 0.5) is 5.69 Å². The Labute approximate surface area is 172 Å². The maximum Gasteiger partial charge on any atom is 0.307 e. The van der Waals surface area contributed by atoms with E-state index < -0.39 is 11.9 Å². The highest BCUT2D eigenvalue weighted by molar-refractivity contribution is 6.07. The molecule has 0 aliphatic carbocycles. The average Bonchev–Trinajstić information content (AvgIpc) is 3.38. The monoisotopic (exact) mass is 400 g/mol. The van der Waals surface area contributed by atoms with Gasteiger partial charge in [0.1, 0.15) is 11.8 Å². The summed E-state index contributed by atoms with van der Waals surface area (Å²) in [5, 5.41) is 3.85. The molecular formula is C23H20N4O3. The van der Waals surface area contributed by atoms with Crippen molar-refractivity contribution in [3.8, 4) is 0 Å². The van der Waals surface area contributed by atoms with Crippen LogP contribution < -0.4 is 10.2 Å². The maximum atomic E-state index is 13.0. The lowest BCUT2D eigenvalue weighted by Gasteiger charge is -2.21. The Kier molecular flexibility index (Phi) is 4.35. The van der Waals surface area contributed by atoms with Crippen molar-refractivity contribution in [1.29, 1.82) is 0 Å². The van der Waals surface area contributed by atoms with Gasteiger partial charge in [0.2, 0.25) is 0 Å². The molecule has 1 atom stereocenters. The quantitative estimate of drug-likeness (QED) is 0.571. The summed E-state index contributed by atoms with van der Waals surface area (Å²) in [6.07, 6.45) is 4.03. The molecule has 2 aromatic heterocycles. The molecule has 4 aromatic rings. The molecule has 2 amide bonds. The van der Waals surface area contributed by atoms with Crippen molar-refractivity contribution in [3.63, 3.8) is 0 Å². The molecule has 2 aromatic carbocycles. The molecule has 0 fully saturated rings. The normalized spacial score (nSPS) is 16.0. The smallest absolute Gasteiger partial charge is 0.307 e. The van der Waals surface area contributed by atoms with Crippen LogP contribution >= 0.6 is 0 Å². The Morgan fingerprint density at radius 3 is 2.83 bits per heavy atom. The van der Waals surface area contributed by atoms with Crippen LogP contribution in [0.25, 0.3) is 10.9 Å². The fourth-order valence-corrected chi connectivity index (χ4v) is 3.91. The molecule has 1 N–H and O–H groups in total. The van der Waals surface area contributed by atoms with Crippen molar-refractivity contribution in [2.45, 2.75) is 19.0 Å². The molecule has 7 heteroatoms. The number of aromatic nitrogens is 2. The van der Waals surface area contributed by atoms with Crippen molar-refractivity contribution in [2.24, 2.45) is 0 Å². The standard InChI is InChI=1S/C23H20N4O3/c1-26-19-9-5-8-16-10-11-27(20(16)19)14-18(23(26)29)25-21(28)22-24-13-17(30-22)12-15-6-3-2-4-7-15/h2-11,13,18H,12,14H2,1H3,(H,25,28). The van der Waals surface area contributed by atoms with E-state index in [1.807, 2.05) is 65.4 Å². The minimum absolute atomic E-state index is 0.0456. The highest BCUT2D eigenvalue weighted by Crippen LogP contribution is 2.30. The molecule has 7 nitrogen and oxygen atoms in total. The third-order valence-electron chi connectivity index (χ3n) is 5.41. The predicted molar refractivity (Wildman–Crippen MR) is 112 cm³/mol. The minimum atomic E-state index is -0.727. The van der Waals surface area contributed by atoms with Gasteiger partial charge in [0, 0.05) is 25.1 Å². The van der Waals surface area contributed by atoms with E-state index in [1.54, 1.807) is 18.1 Å². The van der Waals surface area contributed by atoms with Crippen LogP contribution in [0.1, 0.15) is 22.0 Å². The summed E-state index contributed by atoms with van der Waals surface area (Å²) < 4.78 is 7.63. The number of nitrogens with zero attached hydrogens (tertiary/aromatic N) is 3. The molecule has 3 heterocycles. The van der Waals surface area contributed by atoms with E-state index in [1.165, 1.54) is 0 Å². The highest BCUT2D eigenvalue weighted by Gasteiger charge is 2.31. The molecule has 1 aliphatic rings. The van der Waals surface area contributed by atoms with Crippen LogP contribution in [0, 0.1) is 0 Å². The minimum Gasteiger partial charge on any atom is -0.437 e. The van der Waals surface area contributed by atoms with Crippen LogP contribution in [-0.2, 0) is 17.8 Å². The molecule has 30 heavy (non-hydrogen) atoms. The number of carbonyl (C=O) groups is 2. The predicted octanol–water partition coefficient (Wildman–Crippen LogP) is 3.00. The van der Waals surface area contributed by atoms with Crippen LogP contribution in [0.15, 0.2) is 71.4 Å². The molecule has 0 radical (unpaired) electrons. The lowest BCUT2D eigenvalue weighted by molar-refractivity contribution is -0.120. The zero-order valence-electron chi connectivity index (χ0n) is 16.4. The van der Waals surface area contributed by atoms with E-state index in [-0.39, 0.29) is 11.8 Å². The molecule has 1 aliphatic heterocycles. The number of anilines is 1. The van der Waals surface area contributed by atoms with Crippen LogP contribution in [-0.4, -0.2) is 34.5 Å². The number of amides is 2. The summed E-state index contributed by atoms with van der Waals surface area (Å²) in [5.74, 6) is -0.142. The Morgan fingerprint density at radius 2 is 2.00 bits per heavy atom. The molecule has 0 saturated carbocycles.